The average molecular weight is 265 g/mol. The second kappa shape index (κ2) is 4.98. The molecule has 0 radical (unpaired) electrons. The lowest BCUT2D eigenvalue weighted by Gasteiger charge is -2.08. The number of hydrogen-bond acceptors (Lipinski definition) is 3. The lowest BCUT2D eigenvalue weighted by Crippen LogP contribution is -1.92. The largest absolute Gasteiger partial charge is 0.396 e. The summed E-state index contributed by atoms with van der Waals surface area (Å²) in [4.78, 5) is 5.42. The van der Waals surface area contributed by atoms with Crippen LogP contribution in [0.25, 0.3) is 0 Å². The first-order valence-corrected chi connectivity index (χ1v) is 6.42. The van der Waals surface area contributed by atoms with E-state index < -0.39 is 0 Å². The number of nitrogens with zero attached hydrogens (tertiary/aromatic N) is 1. The van der Waals surface area contributed by atoms with Gasteiger partial charge in [0.1, 0.15) is 5.03 Å². The minimum Gasteiger partial charge on any atom is -0.396 e. The number of benzene rings is 1. The smallest absolute Gasteiger partial charge is 0.124 e. The third kappa shape index (κ3) is 2.93. The molecule has 1 heterocycles. The molecular formula is C13H13ClN2S. The van der Waals surface area contributed by atoms with Crippen molar-refractivity contribution in [2.24, 2.45) is 0 Å². The molecule has 0 unspecified atom stereocenters. The number of pyridine rings is 1. The van der Waals surface area contributed by atoms with E-state index in [1.165, 1.54) is 16.0 Å². The summed E-state index contributed by atoms with van der Waals surface area (Å²) in [5.41, 5.74) is 8.95. The van der Waals surface area contributed by atoms with E-state index in [1.54, 1.807) is 24.0 Å². The fourth-order valence-electron chi connectivity index (χ4n) is 1.45. The third-order valence-corrected chi connectivity index (χ3v) is 3.80. The van der Waals surface area contributed by atoms with Gasteiger partial charge < -0.3 is 5.73 Å². The Labute approximate surface area is 110 Å². The molecule has 2 N–H and O–H groups in total. The van der Waals surface area contributed by atoms with Crippen molar-refractivity contribution in [2.45, 2.75) is 23.8 Å². The monoisotopic (exact) mass is 264 g/mol. The van der Waals surface area contributed by atoms with Crippen LogP contribution in [0, 0.1) is 13.8 Å². The van der Waals surface area contributed by atoms with Crippen LogP contribution in [0.15, 0.2) is 40.4 Å². The molecule has 0 aliphatic rings. The molecule has 0 bridgehead atoms. The lowest BCUT2D eigenvalue weighted by atomic mass is 10.2. The van der Waals surface area contributed by atoms with E-state index in [0.717, 1.165) is 5.03 Å². The maximum Gasteiger partial charge on any atom is 0.124 e. The topological polar surface area (TPSA) is 38.9 Å². The summed E-state index contributed by atoms with van der Waals surface area (Å²) in [5, 5.41) is 1.36. The van der Waals surface area contributed by atoms with E-state index in [9.17, 15) is 0 Å². The molecule has 0 aliphatic carbocycles. The Hall–Kier alpha value is -1.19. The minimum atomic E-state index is 0.563. The summed E-state index contributed by atoms with van der Waals surface area (Å²) in [6.07, 6.45) is 1.62. The van der Waals surface area contributed by atoms with Crippen molar-refractivity contribution in [3.05, 3.63) is 46.6 Å². The Morgan fingerprint density at radius 3 is 2.71 bits per heavy atom. The molecule has 0 fully saturated rings. The molecule has 2 nitrogen and oxygen atoms in total. The molecule has 0 aliphatic heterocycles. The summed E-state index contributed by atoms with van der Waals surface area (Å²) in [6, 6.07) is 8.06. The molecule has 0 saturated heterocycles. The molecule has 88 valence electrons. The predicted octanol–water partition coefficient (Wildman–Crippen LogP) is 4.09. The van der Waals surface area contributed by atoms with Crippen LogP contribution in [-0.4, -0.2) is 4.98 Å². The summed E-state index contributed by atoms with van der Waals surface area (Å²) in [5.74, 6) is 0. The van der Waals surface area contributed by atoms with Crippen molar-refractivity contribution in [1.29, 1.82) is 0 Å². The number of anilines is 1. The number of halogens is 1. The van der Waals surface area contributed by atoms with Gasteiger partial charge in [0.2, 0.25) is 0 Å². The first-order chi connectivity index (χ1) is 8.06. The number of aryl methyl sites for hydroxylation is 2. The van der Waals surface area contributed by atoms with Gasteiger partial charge in [-0.1, -0.05) is 35.5 Å². The average Bonchev–Trinajstić information content (AvgIpc) is 2.27. The Morgan fingerprint density at radius 1 is 1.24 bits per heavy atom. The fraction of sp³-hybridized carbons (Fsp3) is 0.154. The standard InChI is InChI=1S/C13H13ClN2S/c1-8-3-4-9(2)12(5-8)17-13-11(15)6-10(14)7-16-13/h3-7H,15H2,1-2H3. The number of hydrogen-bond donors (Lipinski definition) is 1. The van der Waals surface area contributed by atoms with E-state index in [0.29, 0.717) is 10.7 Å². The predicted molar refractivity (Wildman–Crippen MR) is 73.7 cm³/mol. The van der Waals surface area contributed by atoms with Gasteiger partial charge in [-0.05, 0) is 37.1 Å². The zero-order valence-corrected chi connectivity index (χ0v) is 11.3. The van der Waals surface area contributed by atoms with Crippen LogP contribution < -0.4 is 5.73 Å². The van der Waals surface area contributed by atoms with Gasteiger partial charge >= 0.3 is 0 Å². The van der Waals surface area contributed by atoms with E-state index in [2.05, 4.69) is 37.0 Å². The Morgan fingerprint density at radius 2 is 2.00 bits per heavy atom. The van der Waals surface area contributed by atoms with Gasteiger partial charge in [-0.15, -0.1) is 0 Å². The quantitative estimate of drug-likeness (QED) is 0.888. The first kappa shape index (κ1) is 12.3. The Balaban J connectivity index is 2.34. The van der Waals surface area contributed by atoms with E-state index in [-0.39, 0.29) is 0 Å². The number of rotatable bonds is 2. The highest BCUT2D eigenvalue weighted by Gasteiger charge is 2.06. The zero-order valence-electron chi connectivity index (χ0n) is 9.70. The fourth-order valence-corrected chi connectivity index (χ4v) is 2.58. The van der Waals surface area contributed by atoms with E-state index in [4.69, 9.17) is 17.3 Å². The SMILES string of the molecule is Cc1ccc(C)c(Sc2ncc(Cl)cc2N)c1. The number of aromatic nitrogens is 1. The Kier molecular flexibility index (Phi) is 3.60. The van der Waals surface area contributed by atoms with Gasteiger partial charge in [-0.3, -0.25) is 0 Å². The van der Waals surface area contributed by atoms with E-state index in [1.807, 2.05) is 0 Å². The zero-order chi connectivity index (χ0) is 12.4. The van der Waals surface area contributed by atoms with Crippen LogP contribution in [0.5, 0.6) is 0 Å². The van der Waals surface area contributed by atoms with Gasteiger partial charge in [0.05, 0.1) is 10.7 Å². The van der Waals surface area contributed by atoms with Crippen molar-refractivity contribution in [2.75, 3.05) is 5.73 Å². The maximum atomic E-state index is 5.89. The first-order valence-electron chi connectivity index (χ1n) is 5.22. The summed E-state index contributed by atoms with van der Waals surface area (Å²) in [7, 11) is 0. The molecule has 2 aromatic rings. The van der Waals surface area contributed by atoms with Crippen LogP contribution in [0.1, 0.15) is 11.1 Å². The summed E-state index contributed by atoms with van der Waals surface area (Å²) < 4.78 is 0. The molecule has 0 saturated carbocycles. The molecule has 2 rings (SSSR count). The van der Waals surface area contributed by atoms with Crippen LogP contribution in [0.4, 0.5) is 5.69 Å². The number of nitrogens with two attached hydrogens (primary N) is 1. The van der Waals surface area contributed by atoms with Gasteiger partial charge in [0, 0.05) is 11.1 Å². The highest BCUT2D eigenvalue weighted by molar-refractivity contribution is 7.99. The van der Waals surface area contributed by atoms with Crippen molar-refractivity contribution >= 4 is 29.1 Å². The maximum absolute atomic E-state index is 5.89. The molecule has 1 aromatic heterocycles. The molecule has 0 spiro atoms. The van der Waals surface area contributed by atoms with Crippen molar-refractivity contribution in [3.63, 3.8) is 0 Å². The molecular weight excluding hydrogens is 252 g/mol. The van der Waals surface area contributed by atoms with Gasteiger partial charge in [0.25, 0.3) is 0 Å². The lowest BCUT2D eigenvalue weighted by molar-refractivity contribution is 1.13. The van der Waals surface area contributed by atoms with Crippen LogP contribution in [0.3, 0.4) is 0 Å². The van der Waals surface area contributed by atoms with Crippen molar-refractivity contribution in [3.8, 4) is 0 Å². The van der Waals surface area contributed by atoms with Crippen LogP contribution >= 0.6 is 23.4 Å². The van der Waals surface area contributed by atoms with Crippen molar-refractivity contribution in [1.82, 2.24) is 4.98 Å². The normalized spacial score (nSPS) is 10.5. The molecule has 4 heteroatoms. The van der Waals surface area contributed by atoms with Crippen LogP contribution in [0.2, 0.25) is 5.02 Å². The molecule has 17 heavy (non-hydrogen) atoms. The van der Waals surface area contributed by atoms with Crippen LogP contribution in [-0.2, 0) is 0 Å². The molecule has 1 aromatic carbocycles. The van der Waals surface area contributed by atoms with Gasteiger partial charge in [0.15, 0.2) is 0 Å². The van der Waals surface area contributed by atoms with Gasteiger partial charge in [-0.25, -0.2) is 4.98 Å². The third-order valence-electron chi connectivity index (χ3n) is 2.40. The van der Waals surface area contributed by atoms with E-state index >= 15 is 0 Å². The molecule has 0 amide bonds. The second-order valence-corrected chi connectivity index (χ2v) is 5.39. The molecule has 0 atom stereocenters. The summed E-state index contributed by atoms with van der Waals surface area (Å²) in [6.45, 7) is 4.15. The highest BCUT2D eigenvalue weighted by atomic mass is 35.5. The Bertz CT molecular complexity index is 555. The second-order valence-electron chi connectivity index (χ2n) is 3.92. The van der Waals surface area contributed by atoms with Crippen molar-refractivity contribution < 1.29 is 0 Å². The highest BCUT2D eigenvalue weighted by Crippen LogP contribution is 2.33. The number of nitrogen functional groups attached to an aromatic ring is 1. The summed E-state index contributed by atoms with van der Waals surface area (Å²) >= 11 is 7.39. The van der Waals surface area contributed by atoms with Gasteiger partial charge in [-0.2, -0.15) is 0 Å². The minimum absolute atomic E-state index is 0.563.